The lowest BCUT2D eigenvalue weighted by molar-refractivity contribution is -0.137. The Labute approximate surface area is 174 Å². The van der Waals surface area contributed by atoms with E-state index in [-0.39, 0.29) is 11.2 Å². The Hall–Kier alpha value is -3.95. The van der Waals surface area contributed by atoms with E-state index in [2.05, 4.69) is 25.6 Å². The number of H-pyrrole nitrogens is 1. The van der Waals surface area contributed by atoms with Crippen molar-refractivity contribution in [3.8, 4) is 0 Å². The Morgan fingerprint density at radius 2 is 2.10 bits per heavy atom. The molecule has 31 heavy (non-hydrogen) atoms. The van der Waals surface area contributed by atoms with Crippen molar-refractivity contribution in [2.24, 2.45) is 4.99 Å². The van der Waals surface area contributed by atoms with Crippen LogP contribution in [0.4, 0.5) is 18.9 Å². The molecule has 0 aliphatic heterocycles. The molecule has 0 saturated carbocycles. The topological polar surface area (TPSA) is 88.0 Å². The van der Waals surface area contributed by atoms with Gasteiger partial charge in [-0.3, -0.25) is 19.6 Å². The van der Waals surface area contributed by atoms with Gasteiger partial charge in [0.15, 0.2) is 5.69 Å². The summed E-state index contributed by atoms with van der Waals surface area (Å²) in [4.78, 5) is 16.6. The first-order chi connectivity index (χ1) is 14.8. The van der Waals surface area contributed by atoms with E-state index in [9.17, 15) is 18.0 Å². The molecule has 2 heterocycles. The molecular weight excluding hydrogens is 409 g/mol. The smallest absolute Gasteiger partial charge is 0.318 e. The third kappa shape index (κ3) is 4.47. The first-order valence-electron chi connectivity index (χ1n) is 9.24. The molecule has 0 fully saturated rings. The maximum absolute atomic E-state index is 12.9. The van der Waals surface area contributed by atoms with Crippen LogP contribution in [-0.2, 0) is 12.7 Å². The van der Waals surface area contributed by atoms with Crippen molar-refractivity contribution in [2.75, 3.05) is 12.4 Å². The number of hydrogen-bond acceptors (Lipinski definition) is 4. The highest BCUT2D eigenvalue weighted by Crippen LogP contribution is 2.31. The lowest BCUT2D eigenvalue weighted by Crippen LogP contribution is -2.12. The number of nitrogens with one attached hydrogen (secondary N) is 2. The number of carbonyl (C=O) groups excluding carboxylic acids is 1. The minimum atomic E-state index is -4.47. The monoisotopic (exact) mass is 426 g/mol. The molecule has 4 aromatic rings. The minimum absolute atomic E-state index is 0.00280. The molecular formula is C21H17F3N6O. The predicted octanol–water partition coefficient (Wildman–Crippen LogP) is 4.13. The van der Waals surface area contributed by atoms with Crippen molar-refractivity contribution in [3.05, 3.63) is 77.2 Å². The largest absolute Gasteiger partial charge is 0.416 e. The van der Waals surface area contributed by atoms with Crippen LogP contribution in [0.25, 0.3) is 10.9 Å². The van der Waals surface area contributed by atoms with Crippen LogP contribution in [-0.4, -0.2) is 39.1 Å². The van der Waals surface area contributed by atoms with E-state index in [1.165, 1.54) is 12.3 Å². The predicted molar refractivity (Wildman–Crippen MR) is 110 cm³/mol. The molecule has 0 bridgehead atoms. The van der Waals surface area contributed by atoms with E-state index < -0.39 is 17.6 Å². The summed E-state index contributed by atoms with van der Waals surface area (Å²) in [6, 6.07) is 10.9. The zero-order chi connectivity index (χ0) is 22.0. The van der Waals surface area contributed by atoms with E-state index in [4.69, 9.17) is 0 Å². The maximum atomic E-state index is 12.9. The van der Waals surface area contributed by atoms with Crippen molar-refractivity contribution in [3.63, 3.8) is 0 Å². The number of alkyl halides is 3. The van der Waals surface area contributed by atoms with Gasteiger partial charge in [0, 0.05) is 24.8 Å². The third-order valence-corrected chi connectivity index (χ3v) is 4.57. The number of halogens is 3. The molecule has 0 saturated heterocycles. The molecule has 0 unspecified atom stereocenters. The molecule has 0 radical (unpaired) electrons. The second kappa shape index (κ2) is 8.05. The number of carbonyl (C=O) groups is 1. The molecule has 2 aromatic carbocycles. The molecule has 4 rings (SSSR count). The Morgan fingerprint density at radius 1 is 1.26 bits per heavy atom. The molecule has 2 N–H and O–H groups in total. The molecule has 158 valence electrons. The van der Waals surface area contributed by atoms with Gasteiger partial charge in [-0.2, -0.15) is 23.4 Å². The summed E-state index contributed by atoms with van der Waals surface area (Å²) in [5.74, 6) is -0.549. The molecule has 7 nitrogen and oxygen atoms in total. The molecule has 2 aromatic heterocycles. The third-order valence-electron chi connectivity index (χ3n) is 4.57. The lowest BCUT2D eigenvalue weighted by atomic mass is 10.1. The molecule has 0 atom stereocenters. The Kier molecular flexibility index (Phi) is 5.28. The fourth-order valence-corrected chi connectivity index (χ4v) is 3.18. The van der Waals surface area contributed by atoms with E-state index in [1.807, 2.05) is 24.3 Å². The van der Waals surface area contributed by atoms with Crippen LogP contribution < -0.4 is 5.32 Å². The number of anilines is 1. The van der Waals surface area contributed by atoms with Gasteiger partial charge in [-0.25, -0.2) is 0 Å². The highest BCUT2D eigenvalue weighted by atomic mass is 19.4. The molecule has 0 aliphatic rings. The number of benzene rings is 2. The van der Waals surface area contributed by atoms with Gasteiger partial charge in [-0.15, -0.1) is 0 Å². The summed E-state index contributed by atoms with van der Waals surface area (Å²) in [6.07, 6.45) is 0.435. The number of aromatic amines is 1. The zero-order valence-corrected chi connectivity index (χ0v) is 16.3. The van der Waals surface area contributed by atoms with Crippen LogP contribution in [0.2, 0.25) is 0 Å². The fourth-order valence-electron chi connectivity index (χ4n) is 3.18. The van der Waals surface area contributed by atoms with Gasteiger partial charge < -0.3 is 5.32 Å². The summed E-state index contributed by atoms with van der Waals surface area (Å²) >= 11 is 0. The summed E-state index contributed by atoms with van der Waals surface area (Å²) in [7, 11) is 1.70. The first-order valence-corrected chi connectivity index (χ1v) is 9.24. The summed E-state index contributed by atoms with van der Waals surface area (Å²) in [5.41, 5.74) is 1.75. The SMILES string of the molecule is CN=Cc1cccc(Cn2cc(NC(=O)c3n[nH]c4cc(C(F)(F)F)ccc34)cn2)c1. The summed E-state index contributed by atoms with van der Waals surface area (Å²) < 4.78 is 40.2. The summed E-state index contributed by atoms with van der Waals surface area (Å²) in [5, 5.41) is 13.6. The average Bonchev–Trinajstić information content (AvgIpc) is 3.34. The average molecular weight is 426 g/mol. The van der Waals surface area contributed by atoms with Crippen LogP contribution >= 0.6 is 0 Å². The number of nitrogens with zero attached hydrogens (tertiary/aromatic N) is 4. The van der Waals surface area contributed by atoms with Gasteiger partial charge in [-0.1, -0.05) is 18.2 Å². The summed E-state index contributed by atoms with van der Waals surface area (Å²) in [6.45, 7) is 0.493. The number of rotatable bonds is 5. The van der Waals surface area contributed by atoms with Crippen LogP contribution in [0, 0.1) is 0 Å². The Morgan fingerprint density at radius 3 is 2.87 bits per heavy atom. The molecule has 1 amide bonds. The number of hydrogen-bond donors (Lipinski definition) is 2. The van der Waals surface area contributed by atoms with Crippen LogP contribution in [0.5, 0.6) is 0 Å². The fraction of sp³-hybridized carbons (Fsp3) is 0.143. The number of amides is 1. The normalized spacial score (nSPS) is 12.0. The van der Waals surface area contributed by atoms with Gasteiger partial charge in [0.25, 0.3) is 5.91 Å². The molecule has 0 aliphatic carbocycles. The Balaban J connectivity index is 1.48. The van der Waals surface area contributed by atoms with Crippen molar-refractivity contribution in [1.29, 1.82) is 0 Å². The van der Waals surface area contributed by atoms with Crippen molar-refractivity contribution in [2.45, 2.75) is 12.7 Å². The van der Waals surface area contributed by atoms with E-state index >= 15 is 0 Å². The second-order valence-corrected chi connectivity index (χ2v) is 6.84. The number of aliphatic imine (C=N–C) groups is 1. The highest BCUT2D eigenvalue weighted by molar-refractivity contribution is 6.11. The number of aromatic nitrogens is 4. The van der Waals surface area contributed by atoms with Crippen molar-refractivity contribution >= 4 is 28.7 Å². The maximum Gasteiger partial charge on any atom is 0.416 e. The zero-order valence-electron chi connectivity index (χ0n) is 16.3. The van der Waals surface area contributed by atoms with Gasteiger partial charge >= 0.3 is 6.18 Å². The van der Waals surface area contributed by atoms with Gasteiger partial charge in [0.05, 0.1) is 29.5 Å². The first kappa shape index (κ1) is 20.3. The standard InChI is InChI=1S/C21H17F3N6O/c1-25-9-13-3-2-4-14(7-13)11-30-12-16(10-26-30)27-20(31)19-17-6-5-15(21(22,23)24)8-18(17)28-29-19/h2-10,12H,11H2,1H3,(H,27,31)(H,28,29). The van der Waals surface area contributed by atoms with Gasteiger partial charge in [0.1, 0.15) is 0 Å². The van der Waals surface area contributed by atoms with Gasteiger partial charge in [0.2, 0.25) is 0 Å². The van der Waals surface area contributed by atoms with Crippen LogP contribution in [0.1, 0.15) is 27.2 Å². The lowest BCUT2D eigenvalue weighted by Gasteiger charge is -2.06. The quantitative estimate of drug-likeness (QED) is 0.471. The molecule has 10 heteroatoms. The van der Waals surface area contributed by atoms with E-state index in [0.29, 0.717) is 17.6 Å². The van der Waals surface area contributed by atoms with E-state index in [1.54, 1.807) is 24.1 Å². The van der Waals surface area contributed by atoms with Crippen LogP contribution in [0.3, 0.4) is 0 Å². The highest BCUT2D eigenvalue weighted by Gasteiger charge is 2.31. The van der Waals surface area contributed by atoms with Crippen LogP contribution in [0.15, 0.2) is 59.9 Å². The number of fused-ring (bicyclic) bond motifs is 1. The Bertz CT molecular complexity index is 1270. The van der Waals surface area contributed by atoms with Gasteiger partial charge in [-0.05, 0) is 35.4 Å². The molecule has 0 spiro atoms. The van der Waals surface area contributed by atoms with Crippen molar-refractivity contribution in [1.82, 2.24) is 20.0 Å². The van der Waals surface area contributed by atoms with E-state index in [0.717, 1.165) is 23.3 Å². The second-order valence-electron chi connectivity index (χ2n) is 6.84. The van der Waals surface area contributed by atoms with Crippen molar-refractivity contribution < 1.29 is 18.0 Å². The minimum Gasteiger partial charge on any atom is -0.318 e.